The first-order chi connectivity index (χ1) is 7.15. The van der Waals surface area contributed by atoms with E-state index in [0.717, 1.165) is 5.56 Å². The third kappa shape index (κ3) is 4.00. The molecule has 0 aromatic heterocycles. The van der Waals surface area contributed by atoms with Gasteiger partial charge in [-0.15, -0.1) is 0 Å². The van der Waals surface area contributed by atoms with E-state index in [4.69, 9.17) is 0 Å². The topological polar surface area (TPSA) is 71.0 Å². The Morgan fingerprint density at radius 2 is 1.88 bits per heavy atom. The summed E-state index contributed by atoms with van der Waals surface area (Å²) in [4.78, 5) is 22.3. The molecule has 0 aliphatic rings. The van der Waals surface area contributed by atoms with Crippen LogP contribution in [0.1, 0.15) is 5.56 Å². The van der Waals surface area contributed by atoms with E-state index in [1.807, 2.05) is 30.3 Å². The lowest BCUT2D eigenvalue weighted by Crippen LogP contribution is -3.00. The minimum absolute atomic E-state index is 0. The molecule has 1 atom stereocenters. The van der Waals surface area contributed by atoms with Crippen LogP contribution in [0, 0.1) is 0 Å². The van der Waals surface area contributed by atoms with Crippen LogP contribution >= 0.6 is 0 Å². The van der Waals surface area contributed by atoms with Gasteiger partial charge >= 0.3 is 5.97 Å². The first-order valence-electron chi connectivity index (χ1n) is 4.64. The molecular weight excluding hydrogens is 230 g/mol. The van der Waals surface area contributed by atoms with Gasteiger partial charge in [0.05, 0.1) is 7.11 Å². The van der Waals surface area contributed by atoms with Crippen LogP contribution in [0.2, 0.25) is 0 Å². The minimum Gasteiger partial charge on any atom is -1.00 e. The number of rotatable bonds is 4. The van der Waals surface area contributed by atoms with Crippen molar-refractivity contribution in [3.8, 4) is 0 Å². The fourth-order valence-electron chi connectivity index (χ4n) is 1.26. The summed E-state index contributed by atoms with van der Waals surface area (Å²) >= 11 is 0. The van der Waals surface area contributed by atoms with E-state index < -0.39 is 17.8 Å². The van der Waals surface area contributed by atoms with Gasteiger partial charge < -0.3 is 22.9 Å². The van der Waals surface area contributed by atoms with Gasteiger partial charge in [-0.05, 0) is 5.56 Å². The van der Waals surface area contributed by atoms with E-state index in [0.29, 0.717) is 6.42 Å². The van der Waals surface area contributed by atoms with E-state index >= 15 is 0 Å². The van der Waals surface area contributed by atoms with Crippen molar-refractivity contribution in [1.82, 2.24) is 0 Å². The van der Waals surface area contributed by atoms with Crippen molar-refractivity contribution in [2.45, 2.75) is 12.5 Å². The fourth-order valence-corrected chi connectivity index (χ4v) is 1.26. The number of carbonyl (C=O) groups excluding carboxylic acids is 2. The molecule has 0 bridgehead atoms. The Morgan fingerprint density at radius 3 is 2.38 bits per heavy atom. The second-order valence-corrected chi connectivity index (χ2v) is 3.24. The molecular formula is C11H14ClNO3. The Kier molecular flexibility index (Phi) is 6.37. The highest BCUT2D eigenvalue weighted by Gasteiger charge is 2.25. The van der Waals surface area contributed by atoms with Gasteiger partial charge in [-0.25, -0.2) is 4.79 Å². The van der Waals surface area contributed by atoms with E-state index in [9.17, 15) is 9.59 Å². The largest absolute Gasteiger partial charge is 1.00 e. The number of benzene rings is 1. The minimum atomic E-state index is -0.828. The summed E-state index contributed by atoms with van der Waals surface area (Å²) in [7, 11) is 1.19. The van der Waals surface area contributed by atoms with Crippen LogP contribution in [-0.2, 0) is 20.7 Å². The number of ketones is 1. The van der Waals surface area contributed by atoms with Crippen molar-refractivity contribution >= 4 is 11.8 Å². The summed E-state index contributed by atoms with van der Waals surface area (Å²) in [6.07, 6.45) is 0.453. The molecule has 0 fully saturated rings. The molecule has 5 heteroatoms. The van der Waals surface area contributed by atoms with Crippen LogP contribution in [-0.4, -0.2) is 24.9 Å². The number of halogens is 1. The Labute approximate surface area is 100 Å². The Balaban J connectivity index is 0.00000225. The quantitative estimate of drug-likeness (QED) is 0.442. The van der Waals surface area contributed by atoms with Gasteiger partial charge in [0, 0.05) is 6.42 Å². The Morgan fingerprint density at radius 1 is 1.31 bits per heavy atom. The SMILES string of the molecule is COC(=O)C(=O)[C@@H]([NH3+])Cc1ccccc1.[Cl-]. The number of quaternary nitrogens is 1. The molecule has 3 N–H and O–H groups in total. The van der Waals surface area contributed by atoms with E-state index in [1.54, 1.807) is 0 Å². The average Bonchev–Trinajstić information content (AvgIpc) is 2.28. The zero-order valence-electron chi connectivity index (χ0n) is 8.98. The average molecular weight is 244 g/mol. The maximum absolute atomic E-state index is 11.3. The molecule has 0 aliphatic carbocycles. The van der Waals surface area contributed by atoms with Crippen LogP contribution in [0.3, 0.4) is 0 Å². The molecule has 1 aromatic carbocycles. The van der Waals surface area contributed by atoms with Gasteiger partial charge in [-0.3, -0.25) is 4.79 Å². The van der Waals surface area contributed by atoms with Gasteiger partial charge in [-0.1, -0.05) is 30.3 Å². The fraction of sp³-hybridized carbons (Fsp3) is 0.273. The summed E-state index contributed by atoms with van der Waals surface area (Å²) in [5.41, 5.74) is 4.63. The van der Waals surface area contributed by atoms with Crippen LogP contribution in [0.15, 0.2) is 30.3 Å². The number of hydrogen-bond donors (Lipinski definition) is 1. The summed E-state index contributed by atoms with van der Waals surface area (Å²) in [5, 5.41) is 0. The predicted octanol–water partition coefficient (Wildman–Crippen LogP) is -3.41. The van der Waals surface area contributed by atoms with Gasteiger partial charge in [0.15, 0.2) is 6.04 Å². The van der Waals surface area contributed by atoms with Gasteiger partial charge in [0.1, 0.15) is 0 Å². The highest BCUT2D eigenvalue weighted by atomic mass is 35.5. The summed E-state index contributed by atoms with van der Waals surface area (Å²) in [6, 6.07) is 8.85. The zero-order chi connectivity index (χ0) is 11.3. The van der Waals surface area contributed by atoms with E-state index in [1.165, 1.54) is 7.11 Å². The molecule has 0 amide bonds. The van der Waals surface area contributed by atoms with E-state index in [-0.39, 0.29) is 12.4 Å². The number of Topliss-reactive ketones (excluding diaryl/α,β-unsaturated/α-hetero) is 1. The molecule has 0 aliphatic heterocycles. The lowest BCUT2D eigenvalue weighted by molar-refractivity contribution is -0.401. The highest BCUT2D eigenvalue weighted by Crippen LogP contribution is 2.01. The third-order valence-electron chi connectivity index (χ3n) is 2.08. The maximum atomic E-state index is 11.3. The second-order valence-electron chi connectivity index (χ2n) is 3.24. The highest BCUT2D eigenvalue weighted by molar-refractivity contribution is 6.35. The van der Waals surface area contributed by atoms with Crippen molar-refractivity contribution in [3.05, 3.63) is 35.9 Å². The standard InChI is InChI=1S/C11H13NO3.ClH/c1-15-11(14)10(13)9(12)7-8-5-3-2-4-6-8;/h2-6,9H,7,12H2,1H3;1H/t9-;/m0./s1. The number of ether oxygens (including phenoxy) is 1. The zero-order valence-corrected chi connectivity index (χ0v) is 9.74. The maximum Gasteiger partial charge on any atom is 0.380 e. The van der Waals surface area contributed by atoms with Crippen molar-refractivity contribution in [2.75, 3.05) is 7.11 Å². The smallest absolute Gasteiger partial charge is 0.380 e. The molecule has 0 radical (unpaired) electrons. The molecule has 1 aromatic rings. The molecule has 0 spiro atoms. The monoisotopic (exact) mass is 243 g/mol. The molecule has 0 saturated heterocycles. The Bertz CT molecular complexity index is 354. The predicted molar refractivity (Wildman–Crippen MR) is 53.8 cm³/mol. The summed E-state index contributed by atoms with van der Waals surface area (Å²) < 4.78 is 4.34. The molecule has 0 unspecified atom stereocenters. The van der Waals surface area contributed by atoms with Crippen molar-refractivity contribution in [3.63, 3.8) is 0 Å². The molecule has 1 rings (SSSR count). The van der Waals surface area contributed by atoms with Crippen molar-refractivity contribution < 1.29 is 32.5 Å². The van der Waals surface area contributed by atoms with Crippen LogP contribution in [0.25, 0.3) is 0 Å². The number of carbonyl (C=O) groups is 2. The van der Waals surface area contributed by atoms with E-state index in [2.05, 4.69) is 10.5 Å². The number of esters is 1. The van der Waals surface area contributed by atoms with Crippen molar-refractivity contribution in [1.29, 1.82) is 0 Å². The molecule has 4 nitrogen and oxygen atoms in total. The summed E-state index contributed by atoms with van der Waals surface area (Å²) in [5.74, 6) is -1.41. The lowest BCUT2D eigenvalue weighted by Gasteiger charge is -2.05. The third-order valence-corrected chi connectivity index (χ3v) is 2.08. The van der Waals surface area contributed by atoms with Gasteiger partial charge in [0.2, 0.25) is 0 Å². The lowest BCUT2D eigenvalue weighted by atomic mass is 10.0. The normalized spacial score (nSPS) is 11.1. The molecule has 16 heavy (non-hydrogen) atoms. The van der Waals surface area contributed by atoms with Crippen LogP contribution in [0.4, 0.5) is 0 Å². The van der Waals surface area contributed by atoms with Crippen LogP contribution < -0.4 is 18.1 Å². The molecule has 0 saturated carbocycles. The Hall–Kier alpha value is -1.39. The number of hydrogen-bond acceptors (Lipinski definition) is 3. The first kappa shape index (κ1) is 14.6. The van der Waals surface area contributed by atoms with Crippen molar-refractivity contribution in [2.24, 2.45) is 0 Å². The molecule has 0 heterocycles. The van der Waals surface area contributed by atoms with Gasteiger partial charge in [-0.2, -0.15) is 0 Å². The van der Waals surface area contributed by atoms with Gasteiger partial charge in [0.25, 0.3) is 5.78 Å². The summed E-state index contributed by atoms with van der Waals surface area (Å²) in [6.45, 7) is 0. The second kappa shape index (κ2) is 6.98. The number of methoxy groups -OCH3 is 1. The first-order valence-corrected chi connectivity index (χ1v) is 4.64. The molecule has 88 valence electrons. The van der Waals surface area contributed by atoms with Crippen LogP contribution in [0.5, 0.6) is 0 Å².